The normalized spacial score (nSPS) is 12.7. The van der Waals surface area contributed by atoms with Crippen molar-refractivity contribution in [2.75, 3.05) is 0 Å². The highest BCUT2D eigenvalue weighted by Crippen LogP contribution is 2.24. The molecule has 2 aromatic carbocycles. The number of aryl methyl sites for hydroxylation is 1. The van der Waals surface area contributed by atoms with Gasteiger partial charge in [-0.1, -0.05) is 63.2 Å². The fourth-order valence-corrected chi connectivity index (χ4v) is 2.62. The summed E-state index contributed by atoms with van der Waals surface area (Å²) in [6.07, 6.45) is 0.694. The van der Waals surface area contributed by atoms with Gasteiger partial charge in [-0.15, -0.1) is 0 Å². The van der Waals surface area contributed by atoms with Gasteiger partial charge in [-0.3, -0.25) is 4.79 Å². The Hall–Kier alpha value is -2.16. The first-order valence-electron chi connectivity index (χ1n) is 8.40. The topological polar surface area (TPSA) is 29.1 Å². The van der Waals surface area contributed by atoms with E-state index in [9.17, 15) is 9.18 Å². The van der Waals surface area contributed by atoms with Crippen LogP contribution < -0.4 is 5.32 Å². The summed E-state index contributed by atoms with van der Waals surface area (Å²) in [5.41, 5.74) is 3.03. The van der Waals surface area contributed by atoms with Gasteiger partial charge < -0.3 is 5.32 Å². The molecule has 1 amide bonds. The van der Waals surface area contributed by atoms with Gasteiger partial charge in [0.05, 0.1) is 6.04 Å². The molecule has 1 atom stereocenters. The van der Waals surface area contributed by atoms with Crippen LogP contribution in [0.15, 0.2) is 48.5 Å². The van der Waals surface area contributed by atoms with Gasteiger partial charge in [-0.2, -0.15) is 0 Å². The molecule has 0 saturated heterocycles. The number of benzene rings is 2. The van der Waals surface area contributed by atoms with Crippen LogP contribution in [0.3, 0.4) is 0 Å². The van der Waals surface area contributed by atoms with Crippen LogP contribution >= 0.6 is 0 Å². The fourth-order valence-electron chi connectivity index (χ4n) is 2.62. The van der Waals surface area contributed by atoms with E-state index >= 15 is 0 Å². The van der Waals surface area contributed by atoms with E-state index in [1.807, 2.05) is 6.92 Å². The zero-order valence-corrected chi connectivity index (χ0v) is 14.9. The van der Waals surface area contributed by atoms with Crippen molar-refractivity contribution in [1.82, 2.24) is 5.32 Å². The summed E-state index contributed by atoms with van der Waals surface area (Å²) in [5.74, 6) is -0.318. The first-order chi connectivity index (χ1) is 11.3. The number of hydrogen-bond donors (Lipinski definition) is 1. The zero-order valence-electron chi connectivity index (χ0n) is 14.9. The van der Waals surface area contributed by atoms with Crippen LogP contribution in [0.25, 0.3) is 0 Å². The Bertz CT molecular complexity index is 686. The highest BCUT2D eigenvalue weighted by atomic mass is 19.1. The Morgan fingerprint density at radius 2 is 1.71 bits per heavy atom. The third-order valence-electron chi connectivity index (χ3n) is 4.23. The van der Waals surface area contributed by atoms with Crippen LogP contribution in [0.4, 0.5) is 4.39 Å². The summed E-state index contributed by atoms with van der Waals surface area (Å²) in [4.78, 5) is 12.1. The lowest BCUT2D eigenvalue weighted by molar-refractivity contribution is -0.121. The molecule has 0 heterocycles. The molecule has 2 nitrogen and oxygen atoms in total. The molecule has 0 aromatic heterocycles. The molecule has 0 spiro atoms. The van der Waals surface area contributed by atoms with E-state index < -0.39 is 0 Å². The number of carbonyl (C=O) groups excluding carboxylic acids is 1. The Labute approximate surface area is 144 Å². The Balaban J connectivity index is 1.90. The number of halogens is 1. The number of hydrogen-bond acceptors (Lipinski definition) is 1. The smallest absolute Gasteiger partial charge is 0.220 e. The molecule has 1 N–H and O–H groups in total. The van der Waals surface area contributed by atoms with Gasteiger partial charge in [-0.05, 0) is 41.5 Å². The summed E-state index contributed by atoms with van der Waals surface area (Å²) < 4.78 is 13.6. The van der Waals surface area contributed by atoms with E-state index in [4.69, 9.17) is 0 Å². The maximum atomic E-state index is 13.6. The van der Waals surface area contributed by atoms with Crippen molar-refractivity contribution >= 4 is 5.91 Å². The third-order valence-corrected chi connectivity index (χ3v) is 4.23. The van der Waals surface area contributed by atoms with Crippen LogP contribution in [-0.4, -0.2) is 5.91 Å². The quantitative estimate of drug-likeness (QED) is 0.828. The summed E-state index contributed by atoms with van der Waals surface area (Å²) >= 11 is 0. The molecule has 2 rings (SSSR count). The monoisotopic (exact) mass is 327 g/mol. The Morgan fingerprint density at radius 1 is 1.08 bits per heavy atom. The largest absolute Gasteiger partial charge is 0.350 e. The van der Waals surface area contributed by atoms with Crippen molar-refractivity contribution in [2.45, 2.75) is 52.0 Å². The fraction of sp³-hybridized carbons (Fsp3) is 0.381. The minimum Gasteiger partial charge on any atom is -0.350 e. The molecule has 2 aromatic rings. The molecular formula is C21H26FNO. The van der Waals surface area contributed by atoms with Crippen LogP contribution in [0.5, 0.6) is 0 Å². The second-order valence-electron chi connectivity index (χ2n) is 7.25. The molecule has 0 aliphatic rings. The van der Waals surface area contributed by atoms with Gasteiger partial charge in [0.25, 0.3) is 0 Å². The van der Waals surface area contributed by atoms with Crippen LogP contribution in [-0.2, 0) is 16.6 Å². The second kappa shape index (κ2) is 7.61. The molecule has 24 heavy (non-hydrogen) atoms. The van der Waals surface area contributed by atoms with E-state index in [0.29, 0.717) is 12.0 Å². The summed E-state index contributed by atoms with van der Waals surface area (Å²) in [5, 5.41) is 2.98. The van der Waals surface area contributed by atoms with Crippen molar-refractivity contribution in [3.05, 3.63) is 71.0 Å². The maximum Gasteiger partial charge on any atom is 0.220 e. The minimum atomic E-state index is -0.254. The Kier molecular flexibility index (Phi) is 5.76. The van der Waals surface area contributed by atoms with E-state index in [1.165, 1.54) is 11.6 Å². The highest BCUT2D eigenvalue weighted by molar-refractivity contribution is 5.76. The molecule has 0 radical (unpaired) electrons. The van der Waals surface area contributed by atoms with Crippen LogP contribution in [0.2, 0.25) is 0 Å². The lowest BCUT2D eigenvalue weighted by atomic mass is 9.86. The van der Waals surface area contributed by atoms with Crippen molar-refractivity contribution in [3.63, 3.8) is 0 Å². The molecule has 1 unspecified atom stereocenters. The Morgan fingerprint density at radius 3 is 2.29 bits per heavy atom. The molecule has 0 saturated carbocycles. The summed E-state index contributed by atoms with van der Waals surface area (Å²) in [6, 6.07) is 14.9. The van der Waals surface area contributed by atoms with Gasteiger partial charge >= 0.3 is 0 Å². The zero-order chi connectivity index (χ0) is 17.7. The molecule has 0 aliphatic carbocycles. The molecule has 0 bridgehead atoms. The van der Waals surface area contributed by atoms with Crippen molar-refractivity contribution in [2.24, 2.45) is 0 Å². The first-order valence-corrected chi connectivity index (χ1v) is 8.40. The van der Waals surface area contributed by atoms with Crippen molar-refractivity contribution in [3.8, 4) is 0 Å². The van der Waals surface area contributed by atoms with E-state index in [1.54, 1.807) is 18.2 Å². The van der Waals surface area contributed by atoms with E-state index in [0.717, 1.165) is 5.56 Å². The van der Waals surface area contributed by atoms with Crippen molar-refractivity contribution < 1.29 is 9.18 Å². The molecule has 0 aliphatic heterocycles. The average Bonchev–Trinajstić information content (AvgIpc) is 2.53. The standard InChI is InChI=1S/C21H26FNO/c1-15(16-9-12-18(13-10-16)21(2,3)4)23-20(24)14-11-17-7-5-6-8-19(17)22/h5-10,12-13,15H,11,14H2,1-4H3,(H,23,24). The SMILES string of the molecule is CC(NC(=O)CCc1ccccc1F)c1ccc(C(C)(C)C)cc1. The predicted octanol–water partition coefficient (Wildman–Crippen LogP) is 4.93. The molecule has 0 fully saturated rings. The second-order valence-corrected chi connectivity index (χ2v) is 7.25. The van der Waals surface area contributed by atoms with Gasteiger partial charge in [-0.25, -0.2) is 4.39 Å². The average molecular weight is 327 g/mol. The number of rotatable bonds is 5. The van der Waals surface area contributed by atoms with Gasteiger partial charge in [0, 0.05) is 6.42 Å². The van der Waals surface area contributed by atoms with Crippen LogP contribution in [0, 0.1) is 5.82 Å². The van der Waals surface area contributed by atoms with E-state index in [2.05, 4.69) is 50.4 Å². The number of carbonyl (C=O) groups is 1. The number of nitrogens with one attached hydrogen (secondary N) is 1. The molecular weight excluding hydrogens is 301 g/mol. The summed E-state index contributed by atoms with van der Waals surface area (Å²) in [7, 11) is 0. The highest BCUT2D eigenvalue weighted by Gasteiger charge is 2.15. The first kappa shape index (κ1) is 18.2. The lowest BCUT2D eigenvalue weighted by Gasteiger charge is -2.20. The molecule has 3 heteroatoms. The molecule has 128 valence electrons. The minimum absolute atomic E-state index is 0.0628. The predicted molar refractivity (Wildman–Crippen MR) is 96.4 cm³/mol. The lowest BCUT2D eigenvalue weighted by Crippen LogP contribution is -2.27. The van der Waals surface area contributed by atoms with Crippen LogP contribution in [0.1, 0.15) is 56.8 Å². The number of amides is 1. The maximum absolute atomic E-state index is 13.6. The van der Waals surface area contributed by atoms with Gasteiger partial charge in [0.1, 0.15) is 5.82 Å². The summed E-state index contributed by atoms with van der Waals surface area (Å²) in [6.45, 7) is 8.49. The van der Waals surface area contributed by atoms with E-state index in [-0.39, 0.29) is 29.6 Å². The van der Waals surface area contributed by atoms with Crippen molar-refractivity contribution in [1.29, 1.82) is 0 Å². The van der Waals surface area contributed by atoms with Gasteiger partial charge in [0.2, 0.25) is 5.91 Å². The van der Waals surface area contributed by atoms with Gasteiger partial charge in [0.15, 0.2) is 0 Å². The third kappa shape index (κ3) is 4.92.